The average molecular weight is 420 g/mol. The molecule has 1 amide bonds. The third kappa shape index (κ3) is 4.63. The van der Waals surface area contributed by atoms with Crippen LogP contribution in [0.3, 0.4) is 0 Å². The summed E-state index contributed by atoms with van der Waals surface area (Å²) in [5.74, 6) is -0.773. The van der Waals surface area contributed by atoms with Crippen LogP contribution in [0.25, 0.3) is 0 Å². The van der Waals surface area contributed by atoms with Crippen molar-refractivity contribution in [2.24, 2.45) is 0 Å². The van der Waals surface area contributed by atoms with Gasteiger partial charge < -0.3 is 15.0 Å². The number of carbonyl (C=O) groups is 1. The van der Waals surface area contributed by atoms with Gasteiger partial charge in [0.15, 0.2) is 0 Å². The van der Waals surface area contributed by atoms with Gasteiger partial charge in [-0.1, -0.05) is 23.2 Å². The van der Waals surface area contributed by atoms with Crippen LogP contribution in [0.5, 0.6) is 0 Å². The summed E-state index contributed by atoms with van der Waals surface area (Å²) in [6, 6.07) is 5.02. The van der Waals surface area contributed by atoms with E-state index in [2.05, 4.69) is 10.3 Å². The Morgan fingerprint density at radius 3 is 2.52 bits per heavy atom. The Hall–Kier alpha value is -2.03. The molecule has 0 unspecified atom stereocenters. The summed E-state index contributed by atoms with van der Waals surface area (Å²) in [7, 11) is 0. The Morgan fingerprint density at radius 2 is 1.89 bits per heavy atom. The van der Waals surface area contributed by atoms with Crippen molar-refractivity contribution in [3.8, 4) is 0 Å². The van der Waals surface area contributed by atoms with E-state index in [1.54, 1.807) is 4.90 Å². The molecule has 3 rings (SSSR count). The highest BCUT2D eigenvalue weighted by molar-refractivity contribution is 6.41. The number of benzene rings is 1. The fraction of sp³-hybridized carbons (Fsp3) is 0.294. The Bertz CT molecular complexity index is 856. The van der Waals surface area contributed by atoms with Crippen molar-refractivity contribution in [1.29, 1.82) is 0 Å². The number of alkyl halides is 3. The standard InChI is InChI=1S/C17H14Cl2F3N3O2/c18-13-7-10(9-23-15(13)19)16(26)24-14-2-1-11(8-12(14)17(20,21)22)25-3-5-27-6-4-25/h1-2,7-9H,3-6H2,(H,24,26). The van der Waals surface area contributed by atoms with Gasteiger partial charge in [-0.3, -0.25) is 4.79 Å². The maximum Gasteiger partial charge on any atom is 0.418 e. The van der Waals surface area contributed by atoms with Crippen molar-refractivity contribution in [3.05, 3.63) is 51.8 Å². The number of nitrogens with one attached hydrogen (secondary N) is 1. The zero-order valence-electron chi connectivity index (χ0n) is 13.8. The Kier molecular flexibility index (Phi) is 5.78. The van der Waals surface area contributed by atoms with Gasteiger partial charge in [-0.05, 0) is 24.3 Å². The van der Waals surface area contributed by atoms with Crippen LogP contribution in [-0.4, -0.2) is 37.2 Å². The summed E-state index contributed by atoms with van der Waals surface area (Å²) < 4.78 is 45.8. The summed E-state index contributed by atoms with van der Waals surface area (Å²) in [6.07, 6.45) is -3.50. The molecule has 0 saturated carbocycles. The first kappa shape index (κ1) is 19.7. The lowest BCUT2D eigenvalue weighted by Gasteiger charge is -2.29. The van der Waals surface area contributed by atoms with E-state index in [1.165, 1.54) is 18.2 Å². The summed E-state index contributed by atoms with van der Waals surface area (Å²) >= 11 is 11.5. The minimum absolute atomic E-state index is 0.000869. The number of hydrogen-bond acceptors (Lipinski definition) is 4. The van der Waals surface area contributed by atoms with Crippen LogP contribution in [-0.2, 0) is 10.9 Å². The van der Waals surface area contributed by atoms with E-state index in [0.29, 0.717) is 32.0 Å². The minimum Gasteiger partial charge on any atom is -0.378 e. The molecule has 1 aliphatic heterocycles. The highest BCUT2D eigenvalue weighted by Gasteiger charge is 2.35. The van der Waals surface area contributed by atoms with Gasteiger partial charge in [0.25, 0.3) is 5.91 Å². The first-order valence-electron chi connectivity index (χ1n) is 7.92. The first-order chi connectivity index (χ1) is 12.8. The second-order valence-electron chi connectivity index (χ2n) is 5.78. The number of pyridine rings is 1. The van der Waals surface area contributed by atoms with Gasteiger partial charge in [0.05, 0.1) is 35.1 Å². The maximum atomic E-state index is 13.5. The third-order valence-corrected chi connectivity index (χ3v) is 4.68. The Balaban J connectivity index is 1.89. The van der Waals surface area contributed by atoms with E-state index in [1.807, 2.05) is 0 Å². The number of ether oxygens (including phenoxy) is 1. The number of halogens is 5. The lowest BCUT2D eigenvalue weighted by molar-refractivity contribution is -0.136. The van der Waals surface area contributed by atoms with Crippen LogP contribution in [0.4, 0.5) is 24.5 Å². The molecule has 144 valence electrons. The van der Waals surface area contributed by atoms with E-state index in [-0.39, 0.29) is 21.4 Å². The maximum absolute atomic E-state index is 13.5. The summed E-state index contributed by atoms with van der Waals surface area (Å²) in [5, 5.41) is 2.30. The molecule has 1 aliphatic rings. The van der Waals surface area contributed by atoms with Crippen LogP contribution in [0, 0.1) is 0 Å². The molecule has 0 spiro atoms. The van der Waals surface area contributed by atoms with Gasteiger partial charge in [0, 0.05) is 25.0 Å². The third-order valence-electron chi connectivity index (χ3n) is 3.99. The molecule has 1 fully saturated rings. The number of nitrogens with zero attached hydrogens (tertiary/aromatic N) is 2. The predicted octanol–water partition coefficient (Wildman–Crippen LogP) is 4.50. The van der Waals surface area contributed by atoms with Crippen LogP contribution in [0.2, 0.25) is 10.2 Å². The molecule has 0 radical (unpaired) electrons. The number of anilines is 2. The SMILES string of the molecule is O=C(Nc1ccc(N2CCOCC2)cc1C(F)(F)F)c1cnc(Cl)c(Cl)c1. The Morgan fingerprint density at radius 1 is 1.19 bits per heavy atom. The van der Waals surface area contributed by atoms with Gasteiger partial charge >= 0.3 is 6.18 Å². The van der Waals surface area contributed by atoms with Crippen molar-refractivity contribution < 1.29 is 22.7 Å². The largest absolute Gasteiger partial charge is 0.418 e. The minimum atomic E-state index is -4.64. The quantitative estimate of drug-likeness (QED) is 0.744. The van der Waals surface area contributed by atoms with Gasteiger partial charge in [-0.25, -0.2) is 4.98 Å². The number of rotatable bonds is 3. The molecule has 5 nitrogen and oxygen atoms in total. The molecule has 0 aliphatic carbocycles. The number of hydrogen-bond donors (Lipinski definition) is 1. The number of morpholine rings is 1. The fourth-order valence-corrected chi connectivity index (χ4v) is 2.90. The van der Waals surface area contributed by atoms with Crippen LogP contribution in [0.1, 0.15) is 15.9 Å². The van der Waals surface area contributed by atoms with Crippen molar-refractivity contribution in [2.45, 2.75) is 6.18 Å². The highest BCUT2D eigenvalue weighted by Crippen LogP contribution is 2.37. The lowest BCUT2D eigenvalue weighted by Crippen LogP contribution is -2.36. The van der Waals surface area contributed by atoms with E-state index >= 15 is 0 Å². The molecule has 27 heavy (non-hydrogen) atoms. The van der Waals surface area contributed by atoms with Crippen molar-refractivity contribution in [2.75, 3.05) is 36.5 Å². The molecule has 2 aromatic rings. The molecule has 0 atom stereocenters. The van der Waals surface area contributed by atoms with E-state index < -0.39 is 17.6 Å². The number of carbonyl (C=O) groups excluding carboxylic acids is 1. The zero-order valence-corrected chi connectivity index (χ0v) is 15.3. The molecular formula is C17H14Cl2F3N3O2. The van der Waals surface area contributed by atoms with Crippen molar-refractivity contribution in [3.63, 3.8) is 0 Å². The predicted molar refractivity (Wildman–Crippen MR) is 96.7 cm³/mol. The van der Waals surface area contributed by atoms with Crippen molar-refractivity contribution >= 4 is 40.5 Å². The second kappa shape index (κ2) is 7.92. The van der Waals surface area contributed by atoms with Gasteiger partial charge in [-0.15, -0.1) is 0 Å². The molecule has 1 N–H and O–H groups in total. The molecular weight excluding hydrogens is 406 g/mol. The zero-order chi connectivity index (χ0) is 19.6. The Labute approximate surface area is 163 Å². The summed E-state index contributed by atoms with van der Waals surface area (Å²) in [4.78, 5) is 17.8. The monoisotopic (exact) mass is 419 g/mol. The second-order valence-corrected chi connectivity index (χ2v) is 6.54. The molecule has 2 heterocycles. The van der Waals surface area contributed by atoms with Gasteiger partial charge in [-0.2, -0.15) is 13.2 Å². The molecule has 1 aromatic heterocycles. The van der Waals surface area contributed by atoms with Crippen molar-refractivity contribution in [1.82, 2.24) is 4.98 Å². The van der Waals surface area contributed by atoms with Crippen LogP contribution < -0.4 is 10.2 Å². The van der Waals surface area contributed by atoms with E-state index in [0.717, 1.165) is 12.3 Å². The number of aromatic nitrogens is 1. The average Bonchev–Trinajstić information content (AvgIpc) is 2.64. The molecule has 0 bridgehead atoms. The topological polar surface area (TPSA) is 54.5 Å². The molecule has 1 aromatic carbocycles. The van der Waals surface area contributed by atoms with E-state index in [9.17, 15) is 18.0 Å². The van der Waals surface area contributed by atoms with Gasteiger partial charge in [0.2, 0.25) is 0 Å². The highest BCUT2D eigenvalue weighted by atomic mass is 35.5. The van der Waals surface area contributed by atoms with Gasteiger partial charge in [0.1, 0.15) is 5.15 Å². The van der Waals surface area contributed by atoms with E-state index in [4.69, 9.17) is 27.9 Å². The lowest BCUT2D eigenvalue weighted by atomic mass is 10.1. The molecule has 1 saturated heterocycles. The first-order valence-corrected chi connectivity index (χ1v) is 8.67. The number of amides is 1. The van der Waals surface area contributed by atoms with Crippen LogP contribution in [0.15, 0.2) is 30.5 Å². The smallest absolute Gasteiger partial charge is 0.378 e. The normalized spacial score (nSPS) is 14.9. The van der Waals surface area contributed by atoms with Crippen LogP contribution >= 0.6 is 23.2 Å². The summed E-state index contributed by atoms with van der Waals surface area (Å²) in [6.45, 7) is 1.89. The summed E-state index contributed by atoms with van der Waals surface area (Å²) in [5.41, 5.74) is -0.877. The molecule has 10 heteroatoms. The fourth-order valence-electron chi connectivity index (χ4n) is 2.63.